The summed E-state index contributed by atoms with van der Waals surface area (Å²) in [4.78, 5) is 0.105. The molecule has 0 bridgehead atoms. The number of hydrogen-bond acceptors (Lipinski definition) is 4. The highest BCUT2D eigenvalue weighted by Crippen LogP contribution is 2.27. The van der Waals surface area contributed by atoms with Crippen LogP contribution in [0.2, 0.25) is 0 Å². The average Bonchev–Trinajstić information content (AvgIpc) is 2.21. The predicted octanol–water partition coefficient (Wildman–Crippen LogP) is 1.78. The van der Waals surface area contributed by atoms with Crippen molar-refractivity contribution < 1.29 is 13.5 Å². The van der Waals surface area contributed by atoms with E-state index in [0.717, 1.165) is 0 Å². The normalized spacial score (nSPS) is 14.4. The average molecular weight is 351 g/mol. The molecule has 108 valence electrons. The van der Waals surface area contributed by atoms with E-state index in [1.165, 1.54) is 13.0 Å². The van der Waals surface area contributed by atoms with Crippen LogP contribution in [0, 0.1) is 6.92 Å². The Labute approximate surface area is 122 Å². The summed E-state index contributed by atoms with van der Waals surface area (Å²) >= 11 is 3.23. The lowest BCUT2D eigenvalue weighted by atomic mass is 10.0. The SMILES string of the molecule is Cc1c(N)cc(Br)cc1S(=O)(=O)NC(C)(C)C(C)O. The fourth-order valence-electron chi connectivity index (χ4n) is 1.44. The third-order valence-corrected chi connectivity index (χ3v) is 5.35. The van der Waals surface area contributed by atoms with Crippen LogP contribution in [0.5, 0.6) is 0 Å². The van der Waals surface area contributed by atoms with E-state index in [9.17, 15) is 13.5 Å². The fourth-order valence-corrected chi connectivity index (χ4v) is 3.84. The van der Waals surface area contributed by atoms with Crippen LogP contribution in [-0.4, -0.2) is 25.2 Å². The highest BCUT2D eigenvalue weighted by atomic mass is 79.9. The summed E-state index contributed by atoms with van der Waals surface area (Å²) in [5, 5.41) is 9.61. The minimum Gasteiger partial charge on any atom is -0.398 e. The Kier molecular flexibility index (Phi) is 4.66. The summed E-state index contributed by atoms with van der Waals surface area (Å²) in [5.41, 5.74) is 5.68. The van der Waals surface area contributed by atoms with Crippen molar-refractivity contribution in [2.45, 2.75) is 44.2 Å². The van der Waals surface area contributed by atoms with Crippen LogP contribution in [-0.2, 0) is 10.0 Å². The molecule has 0 spiro atoms. The van der Waals surface area contributed by atoms with Crippen molar-refractivity contribution in [2.24, 2.45) is 0 Å². The molecule has 1 unspecified atom stereocenters. The number of hydrogen-bond donors (Lipinski definition) is 3. The Balaban J connectivity index is 3.30. The van der Waals surface area contributed by atoms with E-state index in [1.807, 2.05) is 0 Å². The molecule has 1 rings (SSSR count). The van der Waals surface area contributed by atoms with E-state index in [2.05, 4.69) is 20.7 Å². The van der Waals surface area contributed by atoms with Crippen LogP contribution in [0.3, 0.4) is 0 Å². The van der Waals surface area contributed by atoms with Gasteiger partial charge < -0.3 is 10.8 Å². The molecule has 1 aromatic rings. The number of nitrogens with two attached hydrogens (primary N) is 1. The van der Waals surface area contributed by atoms with Gasteiger partial charge in [0.25, 0.3) is 0 Å². The second-order valence-electron chi connectivity index (χ2n) is 5.12. The second-order valence-corrected chi connectivity index (χ2v) is 7.69. The molecule has 0 aliphatic rings. The van der Waals surface area contributed by atoms with E-state index < -0.39 is 21.7 Å². The quantitative estimate of drug-likeness (QED) is 0.721. The molecule has 0 aromatic heterocycles. The van der Waals surface area contributed by atoms with Gasteiger partial charge in [-0.1, -0.05) is 15.9 Å². The van der Waals surface area contributed by atoms with Crippen LogP contribution in [0.25, 0.3) is 0 Å². The van der Waals surface area contributed by atoms with Gasteiger partial charge in [-0.05, 0) is 45.4 Å². The van der Waals surface area contributed by atoms with Gasteiger partial charge in [-0.2, -0.15) is 0 Å². The van der Waals surface area contributed by atoms with E-state index in [-0.39, 0.29) is 4.90 Å². The first-order valence-electron chi connectivity index (χ1n) is 5.75. The van der Waals surface area contributed by atoms with Gasteiger partial charge in [0.2, 0.25) is 10.0 Å². The molecule has 0 saturated carbocycles. The molecule has 19 heavy (non-hydrogen) atoms. The summed E-state index contributed by atoms with van der Waals surface area (Å²) in [6.45, 7) is 6.41. The van der Waals surface area contributed by atoms with E-state index in [0.29, 0.717) is 15.7 Å². The van der Waals surface area contributed by atoms with Crippen LogP contribution in [0.15, 0.2) is 21.5 Å². The lowest BCUT2D eigenvalue weighted by Gasteiger charge is -2.29. The molecule has 0 radical (unpaired) electrons. The van der Waals surface area contributed by atoms with Gasteiger partial charge in [0.05, 0.1) is 16.5 Å². The zero-order chi connectivity index (χ0) is 15.0. The van der Waals surface area contributed by atoms with Gasteiger partial charge in [0.1, 0.15) is 0 Å². The number of rotatable bonds is 4. The van der Waals surface area contributed by atoms with Crippen molar-refractivity contribution in [1.29, 1.82) is 0 Å². The fraction of sp³-hybridized carbons (Fsp3) is 0.500. The first kappa shape index (κ1) is 16.4. The number of nitrogens with one attached hydrogen (secondary N) is 1. The molecule has 0 amide bonds. The van der Waals surface area contributed by atoms with Crippen LogP contribution in [0.4, 0.5) is 5.69 Å². The maximum absolute atomic E-state index is 12.4. The number of aliphatic hydroxyl groups is 1. The number of sulfonamides is 1. The maximum Gasteiger partial charge on any atom is 0.241 e. The smallest absolute Gasteiger partial charge is 0.241 e. The molecule has 7 heteroatoms. The molecule has 4 N–H and O–H groups in total. The largest absolute Gasteiger partial charge is 0.398 e. The van der Waals surface area contributed by atoms with Gasteiger partial charge >= 0.3 is 0 Å². The molecular weight excluding hydrogens is 332 g/mol. The summed E-state index contributed by atoms with van der Waals surface area (Å²) in [7, 11) is -3.76. The van der Waals surface area contributed by atoms with Crippen molar-refractivity contribution in [3.05, 3.63) is 22.2 Å². The minimum absolute atomic E-state index is 0.105. The highest BCUT2D eigenvalue weighted by Gasteiger charge is 2.31. The van der Waals surface area contributed by atoms with Crippen LogP contribution >= 0.6 is 15.9 Å². The van der Waals surface area contributed by atoms with E-state index >= 15 is 0 Å². The first-order valence-corrected chi connectivity index (χ1v) is 8.02. The van der Waals surface area contributed by atoms with Crippen molar-refractivity contribution in [3.63, 3.8) is 0 Å². The Morgan fingerprint density at radius 2 is 1.95 bits per heavy atom. The topological polar surface area (TPSA) is 92.4 Å². The molecule has 0 aliphatic heterocycles. The summed E-state index contributed by atoms with van der Waals surface area (Å²) < 4.78 is 27.8. The van der Waals surface area contributed by atoms with Gasteiger partial charge in [-0.3, -0.25) is 0 Å². The maximum atomic E-state index is 12.4. The number of benzene rings is 1. The third-order valence-electron chi connectivity index (χ3n) is 3.10. The predicted molar refractivity (Wildman–Crippen MR) is 79.4 cm³/mol. The Morgan fingerprint density at radius 3 is 2.42 bits per heavy atom. The Morgan fingerprint density at radius 1 is 1.42 bits per heavy atom. The standard InChI is InChI=1S/C12H19BrN2O3S/c1-7-10(14)5-9(13)6-11(7)19(17,18)15-12(3,4)8(2)16/h5-6,8,15-16H,14H2,1-4H3. The highest BCUT2D eigenvalue weighted by molar-refractivity contribution is 9.10. The molecule has 0 heterocycles. The summed E-state index contributed by atoms with van der Waals surface area (Å²) in [5.74, 6) is 0. The van der Waals surface area contributed by atoms with E-state index in [4.69, 9.17) is 5.73 Å². The number of halogens is 1. The van der Waals surface area contributed by atoms with Crippen molar-refractivity contribution >= 4 is 31.6 Å². The minimum atomic E-state index is -3.76. The van der Waals surface area contributed by atoms with Gasteiger partial charge in [-0.25, -0.2) is 13.1 Å². The summed E-state index contributed by atoms with van der Waals surface area (Å²) in [6, 6.07) is 3.14. The van der Waals surface area contributed by atoms with Gasteiger partial charge in [0.15, 0.2) is 0 Å². The molecular formula is C12H19BrN2O3S. The van der Waals surface area contributed by atoms with Gasteiger partial charge in [-0.15, -0.1) is 0 Å². The molecule has 1 atom stereocenters. The van der Waals surface area contributed by atoms with Crippen molar-refractivity contribution in [1.82, 2.24) is 4.72 Å². The number of anilines is 1. The second kappa shape index (κ2) is 5.40. The summed E-state index contributed by atoms with van der Waals surface area (Å²) in [6.07, 6.45) is -0.827. The molecule has 0 fully saturated rings. The molecule has 5 nitrogen and oxygen atoms in total. The Hall–Kier alpha value is -0.630. The van der Waals surface area contributed by atoms with Gasteiger partial charge in [0, 0.05) is 10.2 Å². The molecule has 1 aromatic carbocycles. The number of nitrogen functional groups attached to an aromatic ring is 1. The lowest BCUT2D eigenvalue weighted by Crippen LogP contribution is -2.50. The Bertz CT molecular complexity index is 583. The monoisotopic (exact) mass is 350 g/mol. The van der Waals surface area contributed by atoms with E-state index in [1.54, 1.807) is 26.8 Å². The van der Waals surface area contributed by atoms with Crippen molar-refractivity contribution in [3.8, 4) is 0 Å². The van der Waals surface area contributed by atoms with Crippen LogP contribution < -0.4 is 10.5 Å². The molecule has 0 aliphatic carbocycles. The van der Waals surface area contributed by atoms with Crippen LogP contribution in [0.1, 0.15) is 26.3 Å². The number of aliphatic hydroxyl groups excluding tert-OH is 1. The first-order chi connectivity index (χ1) is 8.47. The molecule has 0 saturated heterocycles. The van der Waals surface area contributed by atoms with Crippen molar-refractivity contribution in [2.75, 3.05) is 5.73 Å². The zero-order valence-corrected chi connectivity index (χ0v) is 13.8. The third kappa shape index (κ3) is 3.68. The lowest BCUT2D eigenvalue weighted by molar-refractivity contribution is 0.111. The zero-order valence-electron chi connectivity index (χ0n) is 11.4.